The Morgan fingerprint density at radius 1 is 1.11 bits per heavy atom. The summed E-state index contributed by atoms with van der Waals surface area (Å²) < 4.78 is 47.6. The molecule has 10 heteroatoms. The zero-order chi connectivity index (χ0) is 26.1. The molecule has 4 saturated carbocycles. The van der Waals surface area contributed by atoms with Crippen molar-refractivity contribution in [1.29, 1.82) is 0 Å². The van der Waals surface area contributed by atoms with Gasteiger partial charge < -0.3 is 14.3 Å². The number of carbonyl (C=O) groups is 1. The lowest BCUT2D eigenvalue weighted by molar-refractivity contribution is -0.205. The lowest BCUT2D eigenvalue weighted by Crippen LogP contribution is -2.62. The largest absolute Gasteiger partial charge is 0.462 e. The van der Waals surface area contributed by atoms with Crippen LogP contribution in [0.2, 0.25) is 0 Å². The average Bonchev–Trinajstić information content (AvgIpc) is 2.99. The van der Waals surface area contributed by atoms with Gasteiger partial charge in [0.1, 0.15) is 6.10 Å². The topological polar surface area (TPSA) is 140 Å². The number of carbonyl (C=O) groups excluding carboxylic acids is 1. The van der Waals surface area contributed by atoms with E-state index in [0.29, 0.717) is 19.3 Å². The van der Waals surface area contributed by atoms with Gasteiger partial charge in [-0.25, -0.2) is 8.98 Å². The number of hydrogen-bond acceptors (Lipinski definition) is 8. The maximum absolute atomic E-state index is 12.5. The zero-order valence-electron chi connectivity index (χ0n) is 21.0. The molecule has 0 amide bonds. The Morgan fingerprint density at radius 3 is 2.50 bits per heavy atom. The maximum Gasteiger partial charge on any atom is 0.397 e. The van der Waals surface area contributed by atoms with Gasteiger partial charge in [0.2, 0.25) is 0 Å². The van der Waals surface area contributed by atoms with E-state index in [1.54, 1.807) is 6.07 Å². The number of ether oxygens (including phenoxy) is 1. The van der Waals surface area contributed by atoms with Crippen LogP contribution >= 0.6 is 0 Å². The molecule has 2 N–H and O–H groups in total. The summed E-state index contributed by atoms with van der Waals surface area (Å²) in [6.45, 7) is 5.71. The van der Waals surface area contributed by atoms with E-state index < -0.39 is 45.2 Å². The van der Waals surface area contributed by atoms with Crippen molar-refractivity contribution >= 4 is 16.4 Å². The van der Waals surface area contributed by atoms with Crippen LogP contribution in [0.25, 0.3) is 0 Å². The number of esters is 1. The van der Waals surface area contributed by atoms with Crippen LogP contribution in [0.5, 0.6) is 0 Å². The first-order valence-electron chi connectivity index (χ1n) is 12.9. The Bertz CT molecular complexity index is 1170. The molecule has 4 aliphatic rings. The van der Waals surface area contributed by atoms with Crippen molar-refractivity contribution in [2.45, 2.75) is 95.9 Å². The molecule has 9 nitrogen and oxygen atoms in total. The fourth-order valence-corrected chi connectivity index (χ4v) is 9.43. The van der Waals surface area contributed by atoms with Gasteiger partial charge in [-0.3, -0.25) is 9.35 Å². The Labute approximate surface area is 211 Å². The monoisotopic (exact) mass is 524 g/mol. The summed E-state index contributed by atoms with van der Waals surface area (Å²) in [7, 11) is -4.49. The second kappa shape index (κ2) is 8.64. The van der Waals surface area contributed by atoms with Gasteiger partial charge in [-0.1, -0.05) is 13.8 Å². The highest BCUT2D eigenvalue weighted by Gasteiger charge is 2.70. The molecule has 0 spiro atoms. The van der Waals surface area contributed by atoms with Crippen LogP contribution in [0, 0.1) is 28.6 Å². The van der Waals surface area contributed by atoms with Crippen LogP contribution in [0.4, 0.5) is 0 Å². The highest BCUT2D eigenvalue weighted by molar-refractivity contribution is 7.80. The predicted molar refractivity (Wildman–Crippen MR) is 128 cm³/mol. The summed E-state index contributed by atoms with van der Waals surface area (Å²) in [5.74, 6) is -0.252. The fourth-order valence-electron chi connectivity index (χ4n) is 8.91. The molecule has 0 bridgehead atoms. The van der Waals surface area contributed by atoms with E-state index in [2.05, 4.69) is 13.8 Å². The van der Waals surface area contributed by atoms with Crippen molar-refractivity contribution in [2.75, 3.05) is 0 Å². The molecular weight excluding hydrogens is 488 g/mol. The zero-order valence-corrected chi connectivity index (χ0v) is 21.8. The van der Waals surface area contributed by atoms with Crippen LogP contribution in [0.3, 0.4) is 0 Å². The van der Waals surface area contributed by atoms with Crippen molar-refractivity contribution in [3.05, 3.63) is 34.4 Å². The predicted octanol–water partition coefficient (Wildman–Crippen LogP) is 3.61. The fraction of sp³-hybridized carbons (Fsp3) is 0.769. The second-order valence-electron chi connectivity index (χ2n) is 12.0. The molecule has 0 radical (unpaired) electrons. The first-order chi connectivity index (χ1) is 16.8. The second-order valence-corrected chi connectivity index (χ2v) is 13.1. The number of fused-ring (bicyclic) bond motifs is 5. The van der Waals surface area contributed by atoms with Crippen LogP contribution < -0.4 is 5.63 Å². The third-order valence-corrected chi connectivity index (χ3v) is 11.0. The molecule has 0 saturated heterocycles. The molecule has 0 unspecified atom stereocenters. The quantitative estimate of drug-likeness (QED) is 0.446. The molecule has 36 heavy (non-hydrogen) atoms. The van der Waals surface area contributed by atoms with Crippen LogP contribution in [0.15, 0.2) is 27.6 Å². The van der Waals surface area contributed by atoms with Gasteiger partial charge in [-0.05, 0) is 79.7 Å². The van der Waals surface area contributed by atoms with E-state index in [4.69, 9.17) is 17.9 Å². The van der Waals surface area contributed by atoms with Crippen molar-refractivity contribution in [2.24, 2.45) is 28.6 Å². The molecule has 1 heterocycles. The average molecular weight is 525 g/mol. The molecule has 0 aromatic carbocycles. The minimum Gasteiger partial charge on any atom is -0.462 e. The molecule has 4 fully saturated rings. The van der Waals surface area contributed by atoms with Gasteiger partial charge in [0.15, 0.2) is 0 Å². The van der Waals surface area contributed by atoms with Gasteiger partial charge in [0, 0.05) is 30.7 Å². The molecule has 200 valence electrons. The van der Waals surface area contributed by atoms with E-state index in [9.17, 15) is 23.1 Å². The van der Waals surface area contributed by atoms with Crippen molar-refractivity contribution < 1.29 is 36.2 Å². The Morgan fingerprint density at radius 2 is 1.86 bits per heavy atom. The van der Waals surface area contributed by atoms with Gasteiger partial charge >= 0.3 is 22.0 Å². The molecule has 0 aliphatic heterocycles. The van der Waals surface area contributed by atoms with E-state index in [1.165, 1.54) is 19.3 Å². The van der Waals surface area contributed by atoms with E-state index in [1.807, 2.05) is 0 Å². The highest BCUT2D eigenvalue weighted by atomic mass is 32.3. The molecule has 1 aromatic heterocycles. The summed E-state index contributed by atoms with van der Waals surface area (Å²) in [4.78, 5) is 23.7. The molecule has 9 atom stereocenters. The van der Waals surface area contributed by atoms with E-state index >= 15 is 0 Å². The van der Waals surface area contributed by atoms with Gasteiger partial charge in [0.05, 0.1) is 18.0 Å². The Kier molecular flexibility index (Phi) is 6.21. The molecule has 1 aromatic rings. The summed E-state index contributed by atoms with van der Waals surface area (Å²) >= 11 is 0. The van der Waals surface area contributed by atoms with Crippen LogP contribution in [0.1, 0.15) is 83.6 Å². The third-order valence-electron chi connectivity index (χ3n) is 10.4. The standard InChI is InChI=1S/C26H36O9S/c1-15(27)34-21-13-26(29)20-6-5-17-12-18(35-36(30,31)32)8-10-24(17,2)19(20)9-11-25(26,3)23(21)16-4-7-22(28)33-14-16/h4,7,14,17-21,23,29H,5-6,8-13H2,1-3H3,(H,30,31,32)/t17-,18+,19+,20+,21+,23+,24+,25-,26+/m1/s1. The van der Waals surface area contributed by atoms with Gasteiger partial charge in [0.25, 0.3) is 0 Å². The molecular formula is C26H36O9S. The smallest absolute Gasteiger partial charge is 0.397 e. The van der Waals surface area contributed by atoms with Crippen LogP contribution in [-0.4, -0.2) is 41.9 Å². The minimum absolute atomic E-state index is 0.00433. The Balaban J connectivity index is 1.47. The Hall–Kier alpha value is -1.75. The maximum atomic E-state index is 12.5. The van der Waals surface area contributed by atoms with Crippen molar-refractivity contribution in [1.82, 2.24) is 0 Å². The summed E-state index contributed by atoms with van der Waals surface area (Å²) in [6, 6.07) is 3.08. The minimum atomic E-state index is -4.49. The molecule has 5 rings (SSSR count). The van der Waals surface area contributed by atoms with Crippen molar-refractivity contribution in [3.8, 4) is 0 Å². The van der Waals surface area contributed by atoms with Gasteiger partial charge in [-0.2, -0.15) is 8.42 Å². The SMILES string of the molecule is CC(=O)O[C@H]1C[C@]2(O)[C@H]3CC[C@@H]4C[C@@H](OS(=O)(=O)O)CC[C@]4(C)[C@H]3CC[C@]2(C)[C@H]1c1ccc(=O)oc1. The lowest BCUT2D eigenvalue weighted by atomic mass is 9.43. The van der Waals surface area contributed by atoms with E-state index in [0.717, 1.165) is 37.7 Å². The third kappa shape index (κ3) is 4.04. The normalized spacial score (nSPS) is 44.2. The highest BCUT2D eigenvalue weighted by Crippen LogP contribution is 2.71. The number of rotatable bonds is 4. The summed E-state index contributed by atoms with van der Waals surface area (Å²) in [6.07, 6.45) is 5.77. The summed E-state index contributed by atoms with van der Waals surface area (Å²) in [5.41, 5.74) is -1.45. The first kappa shape index (κ1) is 25.9. The number of aliphatic hydroxyl groups is 1. The number of hydrogen-bond donors (Lipinski definition) is 2. The van der Waals surface area contributed by atoms with Crippen LogP contribution in [-0.2, 0) is 24.1 Å². The lowest BCUT2D eigenvalue weighted by Gasteiger charge is -2.63. The first-order valence-corrected chi connectivity index (χ1v) is 14.3. The van der Waals surface area contributed by atoms with Crippen molar-refractivity contribution in [3.63, 3.8) is 0 Å². The summed E-state index contributed by atoms with van der Waals surface area (Å²) in [5, 5.41) is 12.5. The van der Waals surface area contributed by atoms with E-state index in [-0.39, 0.29) is 29.1 Å². The van der Waals surface area contributed by atoms with Gasteiger partial charge in [-0.15, -0.1) is 0 Å². The molecule has 4 aliphatic carbocycles.